The Balaban J connectivity index is 0. The van der Waals surface area contributed by atoms with Crippen LogP contribution in [0.3, 0.4) is 0 Å². The van der Waals surface area contributed by atoms with Crippen molar-refractivity contribution in [3.63, 3.8) is 0 Å². The number of hydrogen-bond donors (Lipinski definition) is 3. The second kappa shape index (κ2) is 8.94. The summed E-state index contributed by atoms with van der Waals surface area (Å²) in [6.45, 7) is 0. The van der Waals surface area contributed by atoms with E-state index in [1.807, 2.05) is 29.9 Å². The summed E-state index contributed by atoms with van der Waals surface area (Å²) in [6.07, 6.45) is 8.00. The van der Waals surface area contributed by atoms with Crippen molar-refractivity contribution in [2.45, 2.75) is 0 Å². The Hall–Kier alpha value is -0.0600. The largest absolute Gasteiger partial charge is 1.00 e. The van der Waals surface area contributed by atoms with Gasteiger partial charge in [0.25, 0.3) is 0 Å². The predicted molar refractivity (Wildman–Crippen MR) is 32.2 cm³/mol. The van der Waals surface area contributed by atoms with Crippen molar-refractivity contribution in [3.05, 3.63) is 24.6 Å². The smallest absolute Gasteiger partial charge is 0.692 e. The van der Waals surface area contributed by atoms with E-state index in [2.05, 4.69) is 0 Å². The maximum Gasteiger partial charge on any atom is 0.692 e. The third-order valence-electron chi connectivity index (χ3n) is 0.556. The molecule has 1 aliphatic rings. The molecule has 0 fully saturated rings. The van der Waals surface area contributed by atoms with Gasteiger partial charge >= 0.3 is 8.25 Å². The minimum Gasteiger partial charge on any atom is -1.00 e. The van der Waals surface area contributed by atoms with Gasteiger partial charge in [-0.2, -0.15) is 0 Å². The molecule has 1 rings (SSSR count). The lowest BCUT2D eigenvalue weighted by atomic mass is 10.6. The third-order valence-corrected chi connectivity index (χ3v) is 0.556. The minimum atomic E-state index is -2.87. The van der Waals surface area contributed by atoms with E-state index in [4.69, 9.17) is 14.4 Å². The first kappa shape index (κ1) is 12.6. The topological polar surface area (TPSA) is 74.1 Å². The Labute approximate surface area is 70.0 Å². The van der Waals surface area contributed by atoms with Crippen molar-refractivity contribution in [2.24, 2.45) is 0 Å². The molecule has 0 aliphatic carbocycles. The molecule has 0 aromatic rings. The summed E-state index contributed by atoms with van der Waals surface area (Å²) < 4.78 is 8.70. The first-order chi connectivity index (χ1) is 4.23. The molecule has 0 aromatic carbocycles. The van der Waals surface area contributed by atoms with Gasteiger partial charge in [0.05, 0.1) is 12.4 Å². The summed E-state index contributed by atoms with van der Waals surface area (Å²) in [5.74, 6) is 0. The Morgan fingerprint density at radius 3 is 1.60 bits per heavy atom. The standard InChI is InChI=1S/C4H5N.BrH.HO3P/c1-2-4-5-3-1;;1-4(2)3/h1-5H;1H;(H-,1,2,3)/p+1. The van der Waals surface area contributed by atoms with Crippen LogP contribution in [0, 0.1) is 0 Å². The van der Waals surface area contributed by atoms with Crippen molar-refractivity contribution >= 4 is 8.25 Å². The van der Waals surface area contributed by atoms with Gasteiger partial charge in [0.1, 0.15) is 0 Å². The van der Waals surface area contributed by atoms with Crippen LogP contribution >= 0.6 is 8.25 Å². The van der Waals surface area contributed by atoms with Crippen LogP contribution in [0.15, 0.2) is 24.6 Å². The first-order valence-electron chi connectivity index (χ1n) is 2.25. The summed E-state index contributed by atoms with van der Waals surface area (Å²) in [5.41, 5.74) is 0. The van der Waals surface area contributed by atoms with Gasteiger partial charge < -0.3 is 17.0 Å². The van der Waals surface area contributed by atoms with Crippen LogP contribution in [-0.4, -0.2) is 9.79 Å². The van der Waals surface area contributed by atoms with Crippen molar-refractivity contribution in [1.29, 1.82) is 0 Å². The molecular weight excluding hydrogens is 221 g/mol. The van der Waals surface area contributed by atoms with E-state index in [-0.39, 0.29) is 17.0 Å². The molecule has 0 unspecified atom stereocenters. The predicted octanol–water partition coefficient (Wildman–Crippen LogP) is -3.78. The Kier molecular flexibility index (Phi) is 11.3. The number of nitrogens with two attached hydrogens (primary N) is 1. The average molecular weight is 229 g/mol. The van der Waals surface area contributed by atoms with E-state index in [0.717, 1.165) is 0 Å². The Bertz CT molecular complexity index is 133. The summed E-state index contributed by atoms with van der Waals surface area (Å²) in [4.78, 5) is 14.2. The van der Waals surface area contributed by atoms with Gasteiger partial charge in [0, 0.05) is 4.57 Å². The Morgan fingerprint density at radius 2 is 1.50 bits per heavy atom. The van der Waals surface area contributed by atoms with Crippen LogP contribution in [-0.2, 0) is 4.57 Å². The van der Waals surface area contributed by atoms with Crippen LogP contribution in [0.4, 0.5) is 0 Å². The van der Waals surface area contributed by atoms with E-state index < -0.39 is 8.25 Å². The monoisotopic (exact) mass is 228 g/mol. The molecule has 0 bridgehead atoms. The molecule has 0 radical (unpaired) electrons. The van der Waals surface area contributed by atoms with E-state index in [1.54, 1.807) is 0 Å². The molecule has 0 saturated carbocycles. The molecule has 1 heterocycles. The number of halogens is 1. The number of quaternary nitrogens is 1. The van der Waals surface area contributed by atoms with Crippen molar-refractivity contribution in [1.82, 2.24) is 0 Å². The first-order valence-corrected chi connectivity index (χ1v) is 3.41. The molecular formula is C4H8BrNO3P+. The van der Waals surface area contributed by atoms with Gasteiger partial charge in [0.15, 0.2) is 0 Å². The van der Waals surface area contributed by atoms with Crippen molar-refractivity contribution < 1.29 is 36.7 Å². The summed E-state index contributed by atoms with van der Waals surface area (Å²) >= 11 is 0. The molecule has 0 spiro atoms. The maximum absolute atomic E-state index is 8.70. The zero-order chi connectivity index (χ0) is 7.11. The maximum atomic E-state index is 8.70. The van der Waals surface area contributed by atoms with Gasteiger partial charge in [-0.05, 0) is 12.2 Å². The second-order valence-electron chi connectivity index (χ2n) is 1.21. The summed E-state index contributed by atoms with van der Waals surface area (Å²) in [7, 11) is -2.87. The van der Waals surface area contributed by atoms with Gasteiger partial charge in [0.2, 0.25) is 0 Å². The molecule has 0 amide bonds. The van der Waals surface area contributed by atoms with Gasteiger partial charge in [-0.3, -0.25) is 5.32 Å². The number of rotatable bonds is 0. The molecule has 0 aromatic heterocycles. The highest BCUT2D eigenvalue weighted by molar-refractivity contribution is 7.30. The molecule has 4 nitrogen and oxygen atoms in total. The van der Waals surface area contributed by atoms with Crippen molar-refractivity contribution in [3.8, 4) is 0 Å². The van der Waals surface area contributed by atoms with Gasteiger partial charge in [-0.25, -0.2) is 0 Å². The fourth-order valence-electron chi connectivity index (χ4n) is 0.321. The van der Waals surface area contributed by atoms with E-state index in [9.17, 15) is 0 Å². The molecule has 4 N–H and O–H groups in total. The van der Waals surface area contributed by atoms with E-state index >= 15 is 0 Å². The SMILES string of the molecule is C1=C[NH2+]C=C1.O=[P+](O)O.[Br-]. The quantitative estimate of drug-likeness (QED) is 0.373. The van der Waals surface area contributed by atoms with Crippen LogP contribution in [0.5, 0.6) is 0 Å². The highest BCUT2D eigenvalue weighted by Crippen LogP contribution is 1.98. The fraction of sp³-hybridized carbons (Fsp3) is 0. The normalized spacial score (nSPS) is 11.4. The van der Waals surface area contributed by atoms with E-state index in [1.165, 1.54) is 0 Å². The zero-order valence-electron chi connectivity index (χ0n) is 5.01. The lowest BCUT2D eigenvalue weighted by molar-refractivity contribution is -0.510. The molecule has 0 atom stereocenters. The number of allylic oxidation sites excluding steroid dienone is 2. The molecule has 10 heavy (non-hydrogen) atoms. The van der Waals surface area contributed by atoms with Gasteiger partial charge in [-0.1, -0.05) is 0 Å². The van der Waals surface area contributed by atoms with Crippen LogP contribution in [0.25, 0.3) is 0 Å². The van der Waals surface area contributed by atoms with Crippen molar-refractivity contribution in [2.75, 3.05) is 0 Å². The molecule has 58 valence electrons. The molecule has 1 aliphatic heterocycles. The zero-order valence-corrected chi connectivity index (χ0v) is 7.50. The highest BCUT2D eigenvalue weighted by Gasteiger charge is 1.93. The minimum absolute atomic E-state index is 0. The fourth-order valence-corrected chi connectivity index (χ4v) is 0.321. The lowest BCUT2D eigenvalue weighted by Gasteiger charge is -1.61. The number of hydrogen-bond acceptors (Lipinski definition) is 1. The van der Waals surface area contributed by atoms with Gasteiger partial charge in [-0.15, -0.1) is 9.79 Å². The van der Waals surface area contributed by atoms with E-state index in [0.29, 0.717) is 0 Å². The van der Waals surface area contributed by atoms with Crippen LogP contribution < -0.4 is 22.3 Å². The third kappa shape index (κ3) is 15.7. The molecule has 0 saturated heterocycles. The Morgan fingerprint density at radius 1 is 1.20 bits per heavy atom. The van der Waals surface area contributed by atoms with Crippen LogP contribution in [0.2, 0.25) is 0 Å². The lowest BCUT2D eigenvalue weighted by Crippen LogP contribution is -3.00. The van der Waals surface area contributed by atoms with Crippen LogP contribution in [0.1, 0.15) is 0 Å². The average Bonchev–Trinajstić information content (AvgIpc) is 2.11. The molecule has 6 heteroatoms. The summed E-state index contributed by atoms with van der Waals surface area (Å²) in [5, 5.41) is 2.00. The second-order valence-corrected chi connectivity index (χ2v) is 1.72. The summed E-state index contributed by atoms with van der Waals surface area (Å²) in [6, 6.07) is 0. The highest BCUT2D eigenvalue weighted by atomic mass is 79.9.